The number of aromatic nitrogens is 2. The van der Waals surface area contributed by atoms with Crippen molar-refractivity contribution in [3.63, 3.8) is 0 Å². The summed E-state index contributed by atoms with van der Waals surface area (Å²) < 4.78 is 25.5. The molecule has 25 heavy (non-hydrogen) atoms. The van der Waals surface area contributed by atoms with Crippen LogP contribution >= 0.6 is 0 Å². The number of rotatable bonds is 4. The maximum Gasteiger partial charge on any atom is 0.257 e. The third-order valence-corrected chi connectivity index (χ3v) is 6.77. The number of hydrogen-bond acceptors (Lipinski definition) is 4. The van der Waals surface area contributed by atoms with Gasteiger partial charge in [-0.1, -0.05) is 18.2 Å². The first-order valence-corrected chi connectivity index (χ1v) is 10.4. The highest BCUT2D eigenvalue weighted by atomic mass is 32.2. The Bertz CT molecular complexity index is 901. The summed E-state index contributed by atoms with van der Waals surface area (Å²) in [5, 5.41) is 4.38. The molecule has 0 radical (unpaired) electrons. The molecule has 6 nitrogen and oxygen atoms in total. The van der Waals surface area contributed by atoms with Gasteiger partial charge in [-0.05, 0) is 38.3 Å². The summed E-state index contributed by atoms with van der Waals surface area (Å²) in [6, 6.07) is 9.64. The lowest BCUT2D eigenvalue weighted by atomic mass is 10.1. The molecular weight excluding hydrogens is 338 g/mol. The van der Waals surface area contributed by atoms with Gasteiger partial charge in [0.15, 0.2) is 9.84 Å². The zero-order chi connectivity index (χ0) is 17.6. The Labute approximate surface area is 147 Å². The van der Waals surface area contributed by atoms with Crippen LogP contribution < -0.4 is 0 Å². The third-order valence-electron chi connectivity index (χ3n) is 5.02. The van der Waals surface area contributed by atoms with Crippen molar-refractivity contribution in [1.29, 1.82) is 0 Å². The van der Waals surface area contributed by atoms with E-state index in [1.54, 1.807) is 10.9 Å². The summed E-state index contributed by atoms with van der Waals surface area (Å²) in [6.45, 7) is 1.88. The summed E-state index contributed by atoms with van der Waals surface area (Å²) in [5.74, 6) is 0.168. The predicted molar refractivity (Wildman–Crippen MR) is 94.6 cm³/mol. The lowest BCUT2D eigenvalue weighted by Gasteiger charge is -2.28. The topological polar surface area (TPSA) is 72.3 Å². The minimum absolute atomic E-state index is 0.0844. The zero-order valence-corrected chi connectivity index (χ0v) is 14.9. The second kappa shape index (κ2) is 5.98. The molecule has 1 aromatic heterocycles. The molecule has 2 fully saturated rings. The quantitative estimate of drug-likeness (QED) is 0.837. The van der Waals surface area contributed by atoms with Crippen LogP contribution in [0.3, 0.4) is 0 Å². The Morgan fingerprint density at radius 3 is 2.48 bits per heavy atom. The summed E-state index contributed by atoms with van der Waals surface area (Å²) in [7, 11) is -3.02. The van der Waals surface area contributed by atoms with Gasteiger partial charge >= 0.3 is 0 Å². The molecule has 1 aromatic carbocycles. The maximum atomic E-state index is 13.2. The first kappa shape index (κ1) is 16.3. The van der Waals surface area contributed by atoms with Crippen LogP contribution in [0.15, 0.2) is 36.5 Å². The highest BCUT2D eigenvalue weighted by molar-refractivity contribution is 7.91. The van der Waals surface area contributed by atoms with Crippen LogP contribution in [0.25, 0.3) is 5.69 Å². The second-order valence-electron chi connectivity index (χ2n) is 6.89. The van der Waals surface area contributed by atoms with Crippen molar-refractivity contribution in [3.05, 3.63) is 47.8 Å². The van der Waals surface area contributed by atoms with E-state index in [0.29, 0.717) is 12.0 Å². The van der Waals surface area contributed by atoms with Crippen molar-refractivity contribution in [2.24, 2.45) is 0 Å². The SMILES string of the molecule is Cc1c(C(=O)N(C2CC2)C2CCS(=O)(=O)C2)cnn1-c1ccccc1. The second-order valence-corrected chi connectivity index (χ2v) is 9.12. The molecule has 0 bridgehead atoms. The first-order chi connectivity index (χ1) is 12.0. The van der Waals surface area contributed by atoms with E-state index in [9.17, 15) is 13.2 Å². The number of carbonyl (C=O) groups is 1. The van der Waals surface area contributed by atoms with Crippen molar-refractivity contribution in [2.45, 2.75) is 38.3 Å². The van der Waals surface area contributed by atoms with Gasteiger partial charge in [0.05, 0.1) is 34.6 Å². The van der Waals surface area contributed by atoms with Crippen LogP contribution in [-0.2, 0) is 9.84 Å². The van der Waals surface area contributed by atoms with Gasteiger partial charge in [0.2, 0.25) is 0 Å². The standard InChI is InChI=1S/C18H21N3O3S/c1-13-17(11-19-21(13)15-5-3-2-4-6-15)18(22)20(14-7-8-14)16-9-10-25(23,24)12-16/h2-6,11,14,16H,7-10,12H2,1H3. The first-order valence-electron chi connectivity index (χ1n) is 8.59. The molecular formula is C18H21N3O3S. The number of para-hydroxylation sites is 1. The van der Waals surface area contributed by atoms with Gasteiger partial charge in [0, 0.05) is 12.1 Å². The van der Waals surface area contributed by atoms with E-state index in [-0.39, 0.29) is 29.5 Å². The fourth-order valence-electron chi connectivity index (χ4n) is 3.57. The van der Waals surface area contributed by atoms with E-state index < -0.39 is 9.84 Å². The highest BCUT2D eigenvalue weighted by Gasteiger charge is 2.43. The van der Waals surface area contributed by atoms with Gasteiger partial charge in [-0.2, -0.15) is 5.10 Å². The Morgan fingerprint density at radius 2 is 1.88 bits per heavy atom. The summed E-state index contributed by atoms with van der Waals surface area (Å²) in [4.78, 5) is 15.0. The summed E-state index contributed by atoms with van der Waals surface area (Å²) in [6.07, 6.45) is 4.04. The molecule has 0 N–H and O–H groups in total. The van der Waals surface area contributed by atoms with E-state index in [2.05, 4.69) is 5.10 Å². The molecule has 0 spiro atoms. The van der Waals surface area contributed by atoms with Crippen molar-refractivity contribution in [2.75, 3.05) is 11.5 Å². The molecule has 2 aromatic rings. The molecule has 7 heteroatoms. The number of carbonyl (C=O) groups excluding carboxylic acids is 1. The van der Waals surface area contributed by atoms with E-state index in [1.807, 2.05) is 42.2 Å². The fourth-order valence-corrected chi connectivity index (χ4v) is 5.28. The Morgan fingerprint density at radius 1 is 1.16 bits per heavy atom. The molecule has 1 amide bonds. The van der Waals surface area contributed by atoms with Gasteiger partial charge in [-0.3, -0.25) is 4.79 Å². The smallest absolute Gasteiger partial charge is 0.257 e. The highest BCUT2D eigenvalue weighted by Crippen LogP contribution is 2.34. The number of hydrogen-bond donors (Lipinski definition) is 0. The number of nitrogens with zero attached hydrogens (tertiary/aromatic N) is 3. The molecule has 1 aliphatic carbocycles. The zero-order valence-electron chi connectivity index (χ0n) is 14.1. The lowest BCUT2D eigenvalue weighted by molar-refractivity contribution is 0.0680. The normalized spacial score (nSPS) is 22.0. The van der Waals surface area contributed by atoms with Gasteiger partial charge in [-0.15, -0.1) is 0 Å². The molecule has 132 valence electrons. The molecule has 1 saturated carbocycles. The van der Waals surface area contributed by atoms with Crippen LogP contribution in [0, 0.1) is 6.92 Å². The predicted octanol–water partition coefficient (Wildman–Crippen LogP) is 1.97. The van der Waals surface area contributed by atoms with Crippen molar-refractivity contribution in [3.8, 4) is 5.69 Å². The van der Waals surface area contributed by atoms with Crippen molar-refractivity contribution in [1.82, 2.24) is 14.7 Å². The van der Waals surface area contributed by atoms with Gasteiger partial charge in [-0.25, -0.2) is 13.1 Å². The van der Waals surface area contributed by atoms with Gasteiger partial charge < -0.3 is 4.90 Å². The van der Waals surface area contributed by atoms with Crippen LogP contribution in [-0.4, -0.2) is 52.6 Å². The number of sulfone groups is 1. The minimum Gasteiger partial charge on any atom is -0.332 e. The number of benzene rings is 1. The molecule has 1 saturated heterocycles. The van der Waals surface area contributed by atoms with Gasteiger partial charge in [0.1, 0.15) is 0 Å². The number of amides is 1. The fraction of sp³-hybridized carbons (Fsp3) is 0.444. The molecule has 1 aliphatic heterocycles. The average molecular weight is 359 g/mol. The Balaban J connectivity index is 1.65. The minimum atomic E-state index is -3.02. The van der Waals surface area contributed by atoms with Crippen LogP contribution in [0.2, 0.25) is 0 Å². The van der Waals surface area contributed by atoms with E-state index in [1.165, 1.54) is 0 Å². The van der Waals surface area contributed by atoms with Crippen molar-refractivity contribution >= 4 is 15.7 Å². The van der Waals surface area contributed by atoms with Crippen LogP contribution in [0.5, 0.6) is 0 Å². The molecule has 4 rings (SSSR count). The van der Waals surface area contributed by atoms with Gasteiger partial charge in [0.25, 0.3) is 5.91 Å². The Kier molecular flexibility index (Phi) is 3.91. The van der Waals surface area contributed by atoms with Crippen LogP contribution in [0.1, 0.15) is 35.3 Å². The lowest BCUT2D eigenvalue weighted by Crippen LogP contribution is -2.42. The molecule has 1 unspecified atom stereocenters. The average Bonchev–Trinajstić information content (AvgIpc) is 3.25. The largest absolute Gasteiger partial charge is 0.332 e. The monoisotopic (exact) mass is 359 g/mol. The summed E-state index contributed by atoms with van der Waals surface area (Å²) in [5.41, 5.74) is 2.24. The third kappa shape index (κ3) is 3.08. The van der Waals surface area contributed by atoms with E-state index >= 15 is 0 Å². The van der Waals surface area contributed by atoms with Crippen molar-refractivity contribution < 1.29 is 13.2 Å². The maximum absolute atomic E-state index is 13.2. The molecule has 2 heterocycles. The van der Waals surface area contributed by atoms with E-state index in [4.69, 9.17) is 0 Å². The molecule has 2 aliphatic rings. The summed E-state index contributed by atoms with van der Waals surface area (Å²) >= 11 is 0. The molecule has 1 atom stereocenters. The van der Waals surface area contributed by atoms with E-state index in [0.717, 1.165) is 24.2 Å². The van der Waals surface area contributed by atoms with Crippen LogP contribution in [0.4, 0.5) is 0 Å². The Hall–Kier alpha value is -2.15.